The number of hydrogen-bond acceptors (Lipinski definition) is 4. The van der Waals surface area contributed by atoms with Crippen molar-refractivity contribution >= 4 is 28.2 Å². The maximum Gasteiger partial charge on any atom is 0.317 e. The van der Waals surface area contributed by atoms with Crippen LogP contribution in [0.5, 0.6) is 0 Å². The van der Waals surface area contributed by atoms with E-state index in [2.05, 4.69) is 46.8 Å². The Labute approximate surface area is 161 Å². The topological polar surface area (TPSA) is 78.7 Å². The van der Waals surface area contributed by atoms with Gasteiger partial charge in [0.05, 0.1) is 5.69 Å². The fraction of sp³-hybridized carbons (Fsp3) is 0.316. The highest BCUT2D eigenvalue weighted by Gasteiger charge is 2.20. The van der Waals surface area contributed by atoms with Crippen molar-refractivity contribution in [2.24, 2.45) is 0 Å². The monoisotopic (exact) mass is 383 g/mol. The molecule has 1 aromatic carbocycles. The Hall–Kier alpha value is -2.87. The number of rotatable bonds is 6. The molecule has 4 rings (SSSR count). The van der Waals surface area contributed by atoms with E-state index in [-0.39, 0.29) is 11.9 Å². The van der Waals surface area contributed by atoms with E-state index in [4.69, 9.17) is 0 Å². The Morgan fingerprint density at radius 1 is 1.33 bits per heavy atom. The fourth-order valence-corrected chi connectivity index (χ4v) is 3.97. The Morgan fingerprint density at radius 2 is 2.15 bits per heavy atom. The number of benzene rings is 1. The van der Waals surface area contributed by atoms with E-state index in [0.717, 1.165) is 22.6 Å². The van der Waals surface area contributed by atoms with Gasteiger partial charge in [0.2, 0.25) is 0 Å². The second-order valence-electron chi connectivity index (χ2n) is 6.43. The predicted octanol–water partition coefficient (Wildman–Crippen LogP) is 2.38. The number of aryl methyl sites for hydroxylation is 1. The summed E-state index contributed by atoms with van der Waals surface area (Å²) >= 11 is 1.44. The summed E-state index contributed by atoms with van der Waals surface area (Å²) in [6, 6.07) is 8.25. The second kappa shape index (κ2) is 7.40. The smallest absolute Gasteiger partial charge is 0.317 e. The molecule has 2 aromatic heterocycles. The van der Waals surface area contributed by atoms with Gasteiger partial charge >= 0.3 is 6.03 Å². The highest BCUT2D eigenvalue weighted by atomic mass is 32.1. The second-order valence-corrected chi connectivity index (χ2v) is 7.26. The number of carbonyl (C=O) groups excluding carboxylic acids is 2. The van der Waals surface area contributed by atoms with Crippen molar-refractivity contribution < 1.29 is 9.59 Å². The molecule has 8 heteroatoms. The van der Waals surface area contributed by atoms with Crippen LogP contribution in [0.2, 0.25) is 0 Å². The molecule has 27 heavy (non-hydrogen) atoms. The van der Waals surface area contributed by atoms with Gasteiger partial charge in [-0.15, -0.1) is 11.3 Å². The van der Waals surface area contributed by atoms with E-state index in [1.807, 2.05) is 16.0 Å². The third-order valence-corrected chi connectivity index (χ3v) is 5.55. The Morgan fingerprint density at radius 3 is 2.85 bits per heavy atom. The van der Waals surface area contributed by atoms with Crippen LogP contribution >= 0.6 is 11.3 Å². The van der Waals surface area contributed by atoms with Crippen molar-refractivity contribution in [1.82, 2.24) is 24.9 Å². The lowest BCUT2D eigenvalue weighted by Gasteiger charge is -2.14. The van der Waals surface area contributed by atoms with Gasteiger partial charge in [-0.2, -0.15) is 0 Å². The summed E-state index contributed by atoms with van der Waals surface area (Å²) in [5.41, 5.74) is 3.73. The van der Waals surface area contributed by atoms with E-state index in [1.165, 1.54) is 16.9 Å². The zero-order valence-electron chi connectivity index (χ0n) is 15.1. The van der Waals surface area contributed by atoms with Gasteiger partial charge in [0, 0.05) is 43.3 Å². The molecule has 7 nitrogen and oxygen atoms in total. The number of nitrogens with one attached hydrogen (secondary N) is 2. The number of imidazole rings is 1. The molecule has 3 aromatic rings. The Balaban J connectivity index is 1.46. The summed E-state index contributed by atoms with van der Waals surface area (Å²) in [4.78, 5) is 31.2. The van der Waals surface area contributed by atoms with Crippen LogP contribution in [0.1, 0.15) is 23.0 Å². The highest BCUT2D eigenvalue weighted by Crippen LogP contribution is 2.24. The van der Waals surface area contributed by atoms with Gasteiger partial charge < -0.3 is 15.5 Å². The summed E-state index contributed by atoms with van der Waals surface area (Å²) in [5.74, 6) is -0.161. The SMILES string of the molecule is CCc1ccc(-c2cn3c(C(=O)NCCN4CCNC4=O)csc3n2)cc1. The predicted molar refractivity (Wildman–Crippen MR) is 105 cm³/mol. The van der Waals surface area contributed by atoms with Crippen LogP contribution in [-0.2, 0) is 6.42 Å². The van der Waals surface area contributed by atoms with Gasteiger partial charge in [-0.05, 0) is 12.0 Å². The number of hydrogen-bond donors (Lipinski definition) is 2. The summed E-state index contributed by atoms with van der Waals surface area (Å²) in [6.07, 6.45) is 2.90. The van der Waals surface area contributed by atoms with E-state index < -0.39 is 0 Å². The zero-order valence-corrected chi connectivity index (χ0v) is 15.9. The van der Waals surface area contributed by atoms with Crippen LogP contribution in [0, 0.1) is 0 Å². The Bertz CT molecular complexity index is 976. The number of carbonyl (C=O) groups is 2. The molecule has 0 atom stereocenters. The van der Waals surface area contributed by atoms with Crippen LogP contribution in [0.4, 0.5) is 4.79 Å². The summed E-state index contributed by atoms with van der Waals surface area (Å²) in [7, 11) is 0. The van der Waals surface area contributed by atoms with Crippen molar-refractivity contribution in [1.29, 1.82) is 0 Å². The van der Waals surface area contributed by atoms with Gasteiger partial charge in [-0.3, -0.25) is 9.20 Å². The number of nitrogens with zero attached hydrogens (tertiary/aromatic N) is 3. The molecule has 3 amide bonds. The van der Waals surface area contributed by atoms with Gasteiger partial charge in [0.25, 0.3) is 5.91 Å². The highest BCUT2D eigenvalue weighted by molar-refractivity contribution is 7.15. The molecule has 1 fully saturated rings. The van der Waals surface area contributed by atoms with Crippen molar-refractivity contribution in [3.63, 3.8) is 0 Å². The summed E-state index contributed by atoms with van der Waals surface area (Å²) in [6.45, 7) is 4.39. The third-order valence-electron chi connectivity index (χ3n) is 4.71. The number of urea groups is 1. The molecule has 0 radical (unpaired) electrons. The average molecular weight is 383 g/mol. The van der Waals surface area contributed by atoms with Crippen LogP contribution < -0.4 is 10.6 Å². The van der Waals surface area contributed by atoms with Gasteiger partial charge in [0.1, 0.15) is 5.69 Å². The number of amides is 3. The van der Waals surface area contributed by atoms with E-state index in [1.54, 1.807) is 4.90 Å². The molecule has 1 aliphatic heterocycles. The van der Waals surface area contributed by atoms with Gasteiger partial charge in [0.15, 0.2) is 4.96 Å². The first-order chi connectivity index (χ1) is 13.2. The van der Waals surface area contributed by atoms with E-state index >= 15 is 0 Å². The maximum absolute atomic E-state index is 12.5. The van der Waals surface area contributed by atoms with Crippen molar-refractivity contribution in [3.8, 4) is 11.3 Å². The first kappa shape index (κ1) is 17.5. The van der Waals surface area contributed by atoms with E-state index in [9.17, 15) is 9.59 Å². The molecule has 1 saturated heterocycles. The molecule has 3 heterocycles. The van der Waals surface area contributed by atoms with Crippen LogP contribution in [0.3, 0.4) is 0 Å². The molecule has 140 valence electrons. The zero-order chi connectivity index (χ0) is 18.8. The van der Waals surface area contributed by atoms with Crippen molar-refractivity contribution in [2.75, 3.05) is 26.2 Å². The minimum Gasteiger partial charge on any atom is -0.349 e. The lowest BCUT2D eigenvalue weighted by molar-refractivity contribution is 0.0944. The Kier molecular flexibility index (Phi) is 4.81. The summed E-state index contributed by atoms with van der Waals surface area (Å²) in [5, 5.41) is 7.44. The van der Waals surface area contributed by atoms with Gasteiger partial charge in [-0.1, -0.05) is 31.2 Å². The lowest BCUT2D eigenvalue weighted by atomic mass is 10.1. The average Bonchev–Trinajstić information content (AvgIpc) is 3.38. The molecule has 0 aliphatic carbocycles. The number of fused-ring (bicyclic) bond motifs is 1. The lowest BCUT2D eigenvalue weighted by Crippen LogP contribution is -2.37. The molecular weight excluding hydrogens is 362 g/mol. The number of thiazole rings is 1. The van der Waals surface area contributed by atoms with Gasteiger partial charge in [-0.25, -0.2) is 9.78 Å². The molecule has 2 N–H and O–H groups in total. The minimum absolute atomic E-state index is 0.0736. The summed E-state index contributed by atoms with van der Waals surface area (Å²) < 4.78 is 1.83. The molecule has 0 saturated carbocycles. The molecule has 0 spiro atoms. The standard InChI is InChI=1S/C19H21N5O2S/c1-2-13-3-5-14(6-4-13)15-11-24-16(12-27-19(24)22-15)17(25)20-7-9-23-10-8-21-18(23)26/h3-6,11-12H,2,7-10H2,1H3,(H,20,25)(H,21,26). The van der Waals surface area contributed by atoms with Crippen LogP contribution in [0.15, 0.2) is 35.8 Å². The van der Waals surface area contributed by atoms with Crippen LogP contribution in [0.25, 0.3) is 16.2 Å². The van der Waals surface area contributed by atoms with E-state index in [0.29, 0.717) is 31.9 Å². The maximum atomic E-state index is 12.5. The number of aromatic nitrogens is 2. The fourth-order valence-electron chi connectivity index (χ4n) is 3.12. The molecule has 0 bridgehead atoms. The molecule has 1 aliphatic rings. The molecular formula is C19H21N5O2S. The normalized spacial score (nSPS) is 14.0. The first-order valence-electron chi connectivity index (χ1n) is 9.02. The van der Waals surface area contributed by atoms with Crippen molar-refractivity contribution in [2.45, 2.75) is 13.3 Å². The quantitative estimate of drug-likeness (QED) is 0.686. The largest absolute Gasteiger partial charge is 0.349 e. The molecule has 0 unspecified atom stereocenters. The minimum atomic E-state index is -0.161. The van der Waals surface area contributed by atoms with Crippen LogP contribution in [-0.4, -0.2) is 52.4 Å². The third kappa shape index (κ3) is 3.52. The van der Waals surface area contributed by atoms with Crippen molar-refractivity contribution in [3.05, 3.63) is 47.1 Å². The first-order valence-corrected chi connectivity index (χ1v) is 9.90.